The van der Waals surface area contributed by atoms with Gasteiger partial charge in [0.15, 0.2) is 0 Å². The number of rotatable bonds is 9. The van der Waals surface area contributed by atoms with E-state index < -0.39 is 0 Å². The van der Waals surface area contributed by atoms with Gasteiger partial charge in [0, 0.05) is 13.1 Å². The largest absolute Gasteiger partial charge is 0.494 e. The third kappa shape index (κ3) is 5.83. The first-order chi connectivity index (χ1) is 13.7. The second kappa shape index (κ2) is 10.6. The third-order valence-electron chi connectivity index (χ3n) is 4.76. The van der Waals surface area contributed by atoms with Gasteiger partial charge in [-0.25, -0.2) is 0 Å². The van der Waals surface area contributed by atoms with Crippen molar-refractivity contribution >= 4 is 29.0 Å². The van der Waals surface area contributed by atoms with Crippen LogP contribution in [0.2, 0.25) is 0 Å². The lowest BCUT2D eigenvalue weighted by Gasteiger charge is -2.29. The normalized spacial score (nSPS) is 19.6. The molecule has 2 aliphatic heterocycles. The zero-order valence-electron chi connectivity index (χ0n) is 16.4. The average molecular weight is 405 g/mol. The summed E-state index contributed by atoms with van der Waals surface area (Å²) in [4.78, 5) is 28.7. The van der Waals surface area contributed by atoms with Crippen LogP contribution in [-0.2, 0) is 9.53 Å². The summed E-state index contributed by atoms with van der Waals surface area (Å²) in [5.41, 5.74) is 0.884. The van der Waals surface area contributed by atoms with Gasteiger partial charge in [-0.2, -0.15) is 0 Å². The number of ether oxygens (including phenoxy) is 2. The molecule has 0 unspecified atom stereocenters. The monoisotopic (exact) mass is 404 g/mol. The predicted molar refractivity (Wildman–Crippen MR) is 111 cm³/mol. The predicted octanol–water partition coefficient (Wildman–Crippen LogP) is 3.97. The van der Waals surface area contributed by atoms with Gasteiger partial charge in [-0.15, -0.1) is 0 Å². The Labute approximate surface area is 170 Å². The maximum absolute atomic E-state index is 12.6. The molecule has 2 heterocycles. The van der Waals surface area contributed by atoms with Crippen molar-refractivity contribution in [2.24, 2.45) is 0 Å². The molecule has 2 saturated heterocycles. The highest BCUT2D eigenvalue weighted by atomic mass is 32.2. The molecule has 1 aromatic carbocycles. The summed E-state index contributed by atoms with van der Waals surface area (Å²) < 4.78 is 11.1. The van der Waals surface area contributed by atoms with Gasteiger partial charge in [0.25, 0.3) is 11.1 Å². The van der Waals surface area contributed by atoms with Gasteiger partial charge in [0.1, 0.15) is 5.75 Å². The Kier molecular flexibility index (Phi) is 7.94. The first-order valence-electron chi connectivity index (χ1n) is 9.95. The van der Waals surface area contributed by atoms with Crippen LogP contribution in [-0.4, -0.2) is 60.5 Å². The molecule has 0 aromatic heterocycles. The maximum Gasteiger partial charge on any atom is 0.294 e. The summed E-state index contributed by atoms with van der Waals surface area (Å²) in [5, 5.41) is -0.213. The molecule has 1 aromatic rings. The number of thioether (sulfide) groups is 1. The van der Waals surface area contributed by atoms with Crippen LogP contribution in [0.25, 0.3) is 6.08 Å². The summed E-state index contributed by atoms with van der Waals surface area (Å²) >= 11 is 1.00. The average Bonchev–Trinajstić information content (AvgIpc) is 2.97. The van der Waals surface area contributed by atoms with Crippen LogP contribution in [0.5, 0.6) is 5.75 Å². The number of hydrogen-bond acceptors (Lipinski definition) is 6. The second-order valence-electron chi connectivity index (χ2n) is 6.96. The van der Waals surface area contributed by atoms with Crippen LogP contribution >= 0.6 is 11.8 Å². The fourth-order valence-corrected chi connectivity index (χ4v) is 3.93. The number of carbonyl (C=O) groups is 2. The number of hydrogen-bond donors (Lipinski definition) is 0. The zero-order valence-corrected chi connectivity index (χ0v) is 17.2. The third-order valence-corrected chi connectivity index (χ3v) is 5.67. The molecule has 152 valence electrons. The van der Waals surface area contributed by atoms with Gasteiger partial charge < -0.3 is 9.47 Å². The standard InChI is InChI=1S/C21H28N2O4S/c1-2-3-4-5-12-27-18-8-6-17(7-9-18)15-19-20(24)23(21(25)28-19)16-22-10-13-26-14-11-22/h6-9,15H,2-5,10-14,16H2,1H3/b19-15+. The van der Waals surface area contributed by atoms with Crippen molar-refractivity contribution in [3.8, 4) is 5.75 Å². The van der Waals surface area contributed by atoms with E-state index in [1.54, 1.807) is 6.08 Å². The van der Waals surface area contributed by atoms with Crippen molar-refractivity contribution in [1.82, 2.24) is 9.80 Å². The number of amides is 2. The smallest absolute Gasteiger partial charge is 0.294 e. The molecule has 0 saturated carbocycles. The van der Waals surface area contributed by atoms with E-state index in [4.69, 9.17) is 9.47 Å². The van der Waals surface area contributed by atoms with Crippen LogP contribution in [0.3, 0.4) is 0 Å². The van der Waals surface area contributed by atoms with E-state index >= 15 is 0 Å². The fraction of sp³-hybridized carbons (Fsp3) is 0.524. The Morgan fingerprint density at radius 1 is 1.11 bits per heavy atom. The van der Waals surface area contributed by atoms with Crippen LogP contribution in [0.1, 0.15) is 38.2 Å². The van der Waals surface area contributed by atoms with E-state index in [2.05, 4.69) is 11.8 Å². The molecule has 2 aliphatic rings. The molecule has 0 spiro atoms. The Hall–Kier alpha value is -1.83. The highest BCUT2D eigenvalue weighted by Gasteiger charge is 2.36. The summed E-state index contributed by atoms with van der Waals surface area (Å²) in [6.45, 7) is 5.99. The molecule has 0 radical (unpaired) electrons. The van der Waals surface area contributed by atoms with Gasteiger partial charge in [-0.3, -0.25) is 19.4 Å². The second-order valence-corrected chi connectivity index (χ2v) is 7.95. The van der Waals surface area contributed by atoms with Crippen LogP contribution in [0.15, 0.2) is 29.2 Å². The summed E-state index contributed by atoms with van der Waals surface area (Å²) in [6.07, 6.45) is 6.48. The Morgan fingerprint density at radius 2 is 1.86 bits per heavy atom. The number of benzene rings is 1. The molecule has 0 atom stereocenters. The lowest BCUT2D eigenvalue weighted by atomic mass is 10.2. The lowest BCUT2D eigenvalue weighted by Crippen LogP contribution is -2.45. The SMILES string of the molecule is CCCCCCOc1ccc(/C=C2/SC(=O)N(CN3CCOCC3)C2=O)cc1. The van der Waals surface area contributed by atoms with Gasteiger partial charge in [0.05, 0.1) is 31.4 Å². The zero-order chi connectivity index (χ0) is 19.8. The van der Waals surface area contributed by atoms with Crippen molar-refractivity contribution in [3.63, 3.8) is 0 Å². The van der Waals surface area contributed by atoms with Gasteiger partial charge in [0.2, 0.25) is 0 Å². The molecule has 2 fully saturated rings. The quantitative estimate of drug-likeness (QED) is 0.458. The Bertz CT molecular complexity index is 699. The van der Waals surface area contributed by atoms with Crippen molar-refractivity contribution in [1.29, 1.82) is 0 Å². The number of imide groups is 1. The van der Waals surface area contributed by atoms with Crippen LogP contribution in [0.4, 0.5) is 4.79 Å². The van der Waals surface area contributed by atoms with Crippen molar-refractivity contribution in [3.05, 3.63) is 34.7 Å². The number of morpholine rings is 1. The minimum Gasteiger partial charge on any atom is -0.494 e. The minimum atomic E-state index is -0.224. The molecule has 2 amide bonds. The van der Waals surface area contributed by atoms with Gasteiger partial charge >= 0.3 is 0 Å². The van der Waals surface area contributed by atoms with Gasteiger partial charge in [-0.1, -0.05) is 38.3 Å². The molecule has 0 aliphatic carbocycles. The summed E-state index contributed by atoms with van der Waals surface area (Å²) in [5.74, 6) is 0.604. The topological polar surface area (TPSA) is 59.1 Å². The number of carbonyl (C=O) groups excluding carboxylic acids is 2. The van der Waals surface area contributed by atoms with Crippen LogP contribution in [0, 0.1) is 0 Å². The first-order valence-corrected chi connectivity index (χ1v) is 10.8. The number of nitrogens with zero attached hydrogens (tertiary/aromatic N) is 2. The Balaban J connectivity index is 1.54. The van der Waals surface area contributed by atoms with E-state index in [0.29, 0.717) is 24.8 Å². The lowest BCUT2D eigenvalue weighted by molar-refractivity contribution is -0.125. The molecule has 28 heavy (non-hydrogen) atoms. The molecule has 7 heteroatoms. The molecule has 0 N–H and O–H groups in total. The highest BCUT2D eigenvalue weighted by Crippen LogP contribution is 2.32. The summed E-state index contributed by atoms with van der Waals surface area (Å²) in [7, 11) is 0. The van der Waals surface area contributed by atoms with Crippen molar-refractivity contribution in [2.45, 2.75) is 32.6 Å². The Morgan fingerprint density at radius 3 is 2.57 bits per heavy atom. The van der Waals surface area contributed by atoms with E-state index in [1.807, 2.05) is 24.3 Å². The highest BCUT2D eigenvalue weighted by molar-refractivity contribution is 8.18. The minimum absolute atomic E-state index is 0.213. The molecule has 6 nitrogen and oxygen atoms in total. The van der Waals surface area contributed by atoms with E-state index in [1.165, 1.54) is 24.2 Å². The van der Waals surface area contributed by atoms with E-state index in [9.17, 15) is 9.59 Å². The maximum atomic E-state index is 12.6. The fourth-order valence-electron chi connectivity index (χ4n) is 3.09. The molecule has 0 bridgehead atoms. The van der Waals surface area contributed by atoms with E-state index in [0.717, 1.165) is 49.2 Å². The molecule has 3 rings (SSSR count). The summed E-state index contributed by atoms with van der Waals surface area (Å²) in [6, 6.07) is 7.64. The van der Waals surface area contributed by atoms with E-state index in [-0.39, 0.29) is 11.1 Å². The number of unbranched alkanes of at least 4 members (excludes halogenated alkanes) is 3. The van der Waals surface area contributed by atoms with Crippen LogP contribution < -0.4 is 4.74 Å². The molecular weight excluding hydrogens is 376 g/mol. The molecular formula is C21H28N2O4S. The van der Waals surface area contributed by atoms with Crippen molar-refractivity contribution in [2.75, 3.05) is 39.6 Å². The van der Waals surface area contributed by atoms with Gasteiger partial charge in [-0.05, 0) is 42.0 Å². The first kappa shape index (κ1) is 20.9. The van der Waals surface area contributed by atoms with Crippen molar-refractivity contribution < 1.29 is 19.1 Å².